The molecule has 2 aliphatic carbocycles. The van der Waals surface area contributed by atoms with Crippen LogP contribution in [0.15, 0.2) is 85.0 Å². The predicted octanol–water partition coefficient (Wildman–Crippen LogP) is 5.64. The standard InChI is InChI=1S/C27H26N2/c1-17-15-19(11-13-25(17)28)27(20-12-14-26(29)18(2)16-20)23-9-5-3-7-21(23)22-8-4-6-10-24(22)27/h3-16,21,23H,28-29H2,1-2H3. The third kappa shape index (κ3) is 2.42. The number of rotatable bonds is 2. The van der Waals surface area contributed by atoms with E-state index in [1.54, 1.807) is 0 Å². The van der Waals surface area contributed by atoms with Crippen LogP contribution in [-0.4, -0.2) is 0 Å². The Balaban J connectivity index is 1.90. The van der Waals surface area contributed by atoms with Crippen LogP contribution in [0.2, 0.25) is 0 Å². The van der Waals surface area contributed by atoms with Gasteiger partial charge in [0.05, 0.1) is 5.41 Å². The summed E-state index contributed by atoms with van der Waals surface area (Å²) in [5.74, 6) is 0.655. The number of benzene rings is 3. The van der Waals surface area contributed by atoms with Crippen molar-refractivity contribution in [1.82, 2.24) is 0 Å². The Bertz CT molecular complexity index is 1120. The molecule has 0 heterocycles. The number of allylic oxidation sites excluding steroid dienone is 4. The molecule has 4 N–H and O–H groups in total. The Morgan fingerprint density at radius 1 is 0.724 bits per heavy atom. The van der Waals surface area contributed by atoms with Gasteiger partial charge in [-0.3, -0.25) is 0 Å². The van der Waals surface area contributed by atoms with E-state index in [1.165, 1.54) is 22.3 Å². The van der Waals surface area contributed by atoms with Gasteiger partial charge in [0.15, 0.2) is 0 Å². The second-order valence-corrected chi connectivity index (χ2v) is 8.36. The Morgan fingerprint density at radius 2 is 1.31 bits per heavy atom. The van der Waals surface area contributed by atoms with Crippen LogP contribution in [0.25, 0.3) is 0 Å². The van der Waals surface area contributed by atoms with Crippen LogP contribution in [0.5, 0.6) is 0 Å². The first kappa shape index (κ1) is 17.8. The smallest absolute Gasteiger partial charge is 0.0525 e. The molecule has 0 saturated carbocycles. The third-order valence-electron chi connectivity index (χ3n) is 6.83. The molecule has 2 aliphatic rings. The summed E-state index contributed by atoms with van der Waals surface area (Å²) in [6, 6.07) is 22.0. The van der Waals surface area contributed by atoms with Crippen LogP contribution in [0.1, 0.15) is 39.3 Å². The lowest BCUT2D eigenvalue weighted by Gasteiger charge is -2.39. The zero-order chi connectivity index (χ0) is 20.2. The monoisotopic (exact) mass is 378 g/mol. The number of nitrogen functional groups attached to an aromatic ring is 2. The molecule has 3 aromatic rings. The lowest BCUT2D eigenvalue weighted by atomic mass is 9.63. The van der Waals surface area contributed by atoms with Crippen molar-refractivity contribution >= 4 is 11.4 Å². The van der Waals surface area contributed by atoms with Crippen molar-refractivity contribution in [1.29, 1.82) is 0 Å². The Labute approximate surface area is 172 Å². The molecule has 0 bridgehead atoms. The molecule has 2 heteroatoms. The highest BCUT2D eigenvalue weighted by atomic mass is 14.6. The summed E-state index contributed by atoms with van der Waals surface area (Å²) in [6.45, 7) is 4.19. The lowest BCUT2D eigenvalue weighted by Crippen LogP contribution is -2.35. The van der Waals surface area contributed by atoms with Crippen molar-refractivity contribution in [2.75, 3.05) is 11.5 Å². The summed E-state index contributed by atoms with van der Waals surface area (Å²) in [6.07, 6.45) is 9.09. The van der Waals surface area contributed by atoms with E-state index in [1.807, 2.05) is 0 Å². The van der Waals surface area contributed by atoms with Gasteiger partial charge in [0.1, 0.15) is 0 Å². The molecule has 144 valence electrons. The second kappa shape index (κ2) is 6.38. The number of hydrogen-bond donors (Lipinski definition) is 2. The fraction of sp³-hybridized carbons (Fsp3) is 0.185. The van der Waals surface area contributed by atoms with Crippen LogP contribution in [0, 0.1) is 19.8 Å². The Morgan fingerprint density at radius 3 is 1.93 bits per heavy atom. The molecule has 5 rings (SSSR count). The lowest BCUT2D eigenvalue weighted by molar-refractivity contribution is 0.456. The average Bonchev–Trinajstić information content (AvgIpc) is 3.04. The number of hydrogen-bond acceptors (Lipinski definition) is 2. The summed E-state index contributed by atoms with van der Waals surface area (Å²) < 4.78 is 0. The van der Waals surface area contributed by atoms with E-state index in [-0.39, 0.29) is 5.41 Å². The fourth-order valence-corrected chi connectivity index (χ4v) is 5.35. The van der Waals surface area contributed by atoms with Gasteiger partial charge in [-0.05, 0) is 59.4 Å². The summed E-state index contributed by atoms with van der Waals surface area (Å²) >= 11 is 0. The highest BCUT2D eigenvalue weighted by molar-refractivity contribution is 5.65. The van der Waals surface area contributed by atoms with Crippen molar-refractivity contribution in [3.63, 3.8) is 0 Å². The van der Waals surface area contributed by atoms with Gasteiger partial charge in [-0.2, -0.15) is 0 Å². The van der Waals surface area contributed by atoms with Gasteiger partial charge in [0.25, 0.3) is 0 Å². The van der Waals surface area contributed by atoms with E-state index in [0.29, 0.717) is 11.8 Å². The van der Waals surface area contributed by atoms with E-state index in [9.17, 15) is 0 Å². The van der Waals surface area contributed by atoms with Gasteiger partial charge in [-0.1, -0.05) is 72.8 Å². The van der Waals surface area contributed by atoms with Crippen molar-refractivity contribution < 1.29 is 0 Å². The first-order valence-corrected chi connectivity index (χ1v) is 10.2. The Hall–Kier alpha value is -3.26. The SMILES string of the molecule is Cc1cc(C2(c3ccc(N)c(C)c3)c3ccccc3C3C=CC=CC32)ccc1N. The van der Waals surface area contributed by atoms with Crippen LogP contribution >= 0.6 is 0 Å². The number of aryl methyl sites for hydroxylation is 2. The summed E-state index contributed by atoms with van der Waals surface area (Å²) in [4.78, 5) is 0. The van der Waals surface area contributed by atoms with Gasteiger partial charge in [0.2, 0.25) is 0 Å². The van der Waals surface area contributed by atoms with Crippen molar-refractivity contribution in [2.45, 2.75) is 25.2 Å². The maximum atomic E-state index is 6.20. The molecule has 29 heavy (non-hydrogen) atoms. The minimum absolute atomic E-state index is 0.278. The highest BCUT2D eigenvalue weighted by Gasteiger charge is 2.52. The molecule has 2 nitrogen and oxygen atoms in total. The molecule has 2 atom stereocenters. The van der Waals surface area contributed by atoms with E-state index >= 15 is 0 Å². The van der Waals surface area contributed by atoms with Crippen LogP contribution in [0.3, 0.4) is 0 Å². The molecule has 0 spiro atoms. The number of fused-ring (bicyclic) bond motifs is 3. The molecule has 0 radical (unpaired) electrons. The number of nitrogens with two attached hydrogens (primary N) is 2. The highest BCUT2D eigenvalue weighted by Crippen LogP contribution is 2.59. The molecular weight excluding hydrogens is 352 g/mol. The molecule has 0 amide bonds. The summed E-state index contributed by atoms with van der Waals surface area (Å²) in [5, 5.41) is 0. The molecule has 2 unspecified atom stereocenters. The maximum Gasteiger partial charge on any atom is 0.0525 e. The van der Waals surface area contributed by atoms with Crippen molar-refractivity contribution in [3.05, 3.63) is 118 Å². The van der Waals surface area contributed by atoms with Crippen LogP contribution in [-0.2, 0) is 5.41 Å². The molecule has 0 aromatic heterocycles. The quantitative estimate of drug-likeness (QED) is 0.567. The molecule has 0 saturated heterocycles. The second-order valence-electron chi connectivity index (χ2n) is 8.36. The van der Waals surface area contributed by atoms with Crippen molar-refractivity contribution in [2.24, 2.45) is 5.92 Å². The van der Waals surface area contributed by atoms with Gasteiger partial charge in [-0.25, -0.2) is 0 Å². The zero-order valence-electron chi connectivity index (χ0n) is 16.9. The third-order valence-corrected chi connectivity index (χ3v) is 6.83. The zero-order valence-corrected chi connectivity index (χ0v) is 16.9. The number of anilines is 2. The van der Waals surface area contributed by atoms with Crippen molar-refractivity contribution in [3.8, 4) is 0 Å². The maximum absolute atomic E-state index is 6.20. The summed E-state index contributed by atoms with van der Waals surface area (Å²) in [5.41, 5.74) is 21.4. The Kier molecular flexibility index (Phi) is 3.92. The topological polar surface area (TPSA) is 52.0 Å². The van der Waals surface area contributed by atoms with Crippen LogP contribution < -0.4 is 11.5 Å². The van der Waals surface area contributed by atoms with E-state index in [4.69, 9.17) is 11.5 Å². The predicted molar refractivity (Wildman–Crippen MR) is 122 cm³/mol. The van der Waals surface area contributed by atoms with Crippen LogP contribution in [0.4, 0.5) is 11.4 Å². The van der Waals surface area contributed by atoms with E-state index in [2.05, 4.69) is 98.8 Å². The first-order valence-electron chi connectivity index (χ1n) is 10.2. The van der Waals surface area contributed by atoms with Gasteiger partial charge >= 0.3 is 0 Å². The molecule has 0 aliphatic heterocycles. The van der Waals surface area contributed by atoms with E-state index < -0.39 is 0 Å². The van der Waals surface area contributed by atoms with Gasteiger partial charge < -0.3 is 11.5 Å². The first-order chi connectivity index (χ1) is 14.0. The van der Waals surface area contributed by atoms with Gasteiger partial charge in [0, 0.05) is 23.2 Å². The van der Waals surface area contributed by atoms with E-state index in [0.717, 1.165) is 22.5 Å². The average molecular weight is 379 g/mol. The minimum atomic E-state index is -0.278. The fourth-order valence-electron chi connectivity index (χ4n) is 5.35. The van der Waals surface area contributed by atoms with Gasteiger partial charge in [-0.15, -0.1) is 0 Å². The largest absolute Gasteiger partial charge is 0.399 e. The molecular formula is C27H26N2. The normalized spacial score (nSPS) is 21.0. The molecule has 3 aromatic carbocycles. The minimum Gasteiger partial charge on any atom is -0.399 e. The summed E-state index contributed by atoms with van der Waals surface area (Å²) in [7, 11) is 0. The molecule has 0 fully saturated rings.